The minimum Gasteiger partial charge on any atom is -0.349 e. The Morgan fingerprint density at radius 1 is 1.10 bits per heavy atom. The average Bonchev–Trinajstić information content (AvgIpc) is 3.48. The lowest BCUT2D eigenvalue weighted by molar-refractivity contribution is -0.116. The number of carbonyl (C=O) groups is 2. The van der Waals surface area contributed by atoms with Crippen LogP contribution in [0.25, 0.3) is 11.3 Å². The summed E-state index contributed by atoms with van der Waals surface area (Å²) >= 11 is 1.05. The summed E-state index contributed by atoms with van der Waals surface area (Å²) < 4.78 is 14.6. The molecule has 30 heavy (non-hydrogen) atoms. The molecule has 2 N–H and O–H groups in total. The highest BCUT2D eigenvalue weighted by molar-refractivity contribution is 7.09. The van der Waals surface area contributed by atoms with Crippen LogP contribution in [0.4, 0.5) is 10.1 Å². The molecule has 1 fully saturated rings. The molecule has 0 aliphatic heterocycles. The molecule has 2 aromatic carbocycles. The predicted octanol–water partition coefficient (Wildman–Crippen LogP) is 3.56. The molecular weight excluding hydrogens is 405 g/mol. The normalized spacial score (nSPS) is 13.1. The largest absolute Gasteiger partial charge is 0.349 e. The third kappa shape index (κ3) is 4.49. The molecule has 1 heterocycles. The van der Waals surface area contributed by atoms with Crippen molar-refractivity contribution >= 4 is 28.8 Å². The molecule has 4 rings (SSSR count). The minimum atomic E-state index is -0.368. The average molecular weight is 425 g/mol. The number of nitrogens with zero attached hydrogens (tertiary/aromatic N) is 1. The van der Waals surface area contributed by atoms with Crippen molar-refractivity contribution in [2.75, 3.05) is 5.32 Å². The summed E-state index contributed by atoms with van der Waals surface area (Å²) in [5, 5.41) is 5.66. The fourth-order valence-electron chi connectivity index (χ4n) is 3.17. The third-order valence-corrected chi connectivity index (χ3v) is 5.72. The maximum atomic E-state index is 13.2. The number of benzene rings is 2. The Morgan fingerprint density at radius 3 is 2.40 bits per heavy atom. The first-order valence-electron chi connectivity index (χ1n) is 9.57. The predicted molar refractivity (Wildman–Crippen MR) is 114 cm³/mol. The highest BCUT2D eigenvalue weighted by Crippen LogP contribution is 2.25. The van der Waals surface area contributed by atoms with Gasteiger partial charge in [-0.25, -0.2) is 4.39 Å². The van der Waals surface area contributed by atoms with Gasteiger partial charge in [-0.2, -0.15) is 0 Å². The smallest absolute Gasteiger partial charge is 0.308 e. The van der Waals surface area contributed by atoms with Crippen molar-refractivity contribution < 1.29 is 14.0 Å². The topological polar surface area (TPSA) is 80.2 Å². The Hall–Kier alpha value is -3.26. The zero-order valence-electron chi connectivity index (χ0n) is 16.3. The van der Waals surface area contributed by atoms with Crippen molar-refractivity contribution in [2.24, 2.45) is 0 Å². The van der Waals surface area contributed by atoms with E-state index in [2.05, 4.69) is 10.6 Å². The van der Waals surface area contributed by atoms with Gasteiger partial charge >= 0.3 is 4.87 Å². The van der Waals surface area contributed by atoms with Gasteiger partial charge in [0, 0.05) is 22.2 Å². The van der Waals surface area contributed by atoms with Crippen LogP contribution in [0.5, 0.6) is 0 Å². The first kappa shape index (κ1) is 20.0. The van der Waals surface area contributed by atoms with Crippen molar-refractivity contribution in [2.45, 2.75) is 32.4 Å². The van der Waals surface area contributed by atoms with E-state index < -0.39 is 0 Å². The van der Waals surface area contributed by atoms with Crippen LogP contribution in [0.1, 0.15) is 28.1 Å². The van der Waals surface area contributed by atoms with Crippen molar-refractivity contribution in [3.8, 4) is 11.3 Å². The molecule has 3 aromatic rings. The van der Waals surface area contributed by atoms with Gasteiger partial charge in [0.25, 0.3) is 5.91 Å². The number of hydrogen-bond acceptors (Lipinski definition) is 4. The molecular formula is C22H20FN3O3S. The maximum Gasteiger partial charge on any atom is 0.308 e. The molecule has 1 saturated carbocycles. The summed E-state index contributed by atoms with van der Waals surface area (Å²) in [6.07, 6.45) is 2.03. The van der Waals surface area contributed by atoms with Crippen molar-refractivity contribution in [1.29, 1.82) is 0 Å². The molecule has 1 aromatic heterocycles. The number of rotatable bonds is 6. The van der Waals surface area contributed by atoms with Crippen LogP contribution < -0.4 is 15.5 Å². The fraction of sp³-hybridized carbons (Fsp3) is 0.227. The van der Waals surface area contributed by atoms with Gasteiger partial charge in [0.2, 0.25) is 5.91 Å². The van der Waals surface area contributed by atoms with E-state index in [0.29, 0.717) is 22.5 Å². The number of anilines is 1. The first-order valence-corrected chi connectivity index (χ1v) is 10.4. The highest BCUT2D eigenvalue weighted by Gasteiger charge is 2.23. The van der Waals surface area contributed by atoms with Gasteiger partial charge in [0.15, 0.2) is 0 Å². The molecule has 0 spiro atoms. The van der Waals surface area contributed by atoms with Crippen LogP contribution in [0.15, 0.2) is 53.3 Å². The van der Waals surface area contributed by atoms with E-state index in [1.54, 1.807) is 43.3 Å². The lowest BCUT2D eigenvalue weighted by atomic mass is 10.1. The van der Waals surface area contributed by atoms with Crippen LogP contribution in [0, 0.1) is 12.7 Å². The molecule has 6 nitrogen and oxygen atoms in total. The number of thiazole rings is 1. The van der Waals surface area contributed by atoms with Crippen LogP contribution in [-0.2, 0) is 11.3 Å². The van der Waals surface area contributed by atoms with E-state index >= 15 is 0 Å². The zero-order valence-corrected chi connectivity index (χ0v) is 17.1. The number of amides is 2. The van der Waals surface area contributed by atoms with Crippen LogP contribution in [0.3, 0.4) is 0 Å². The van der Waals surface area contributed by atoms with E-state index in [0.717, 1.165) is 29.1 Å². The van der Waals surface area contributed by atoms with E-state index in [-0.39, 0.29) is 35.1 Å². The van der Waals surface area contributed by atoms with Gasteiger partial charge in [0.1, 0.15) is 12.4 Å². The SMILES string of the molecule is Cc1sc(=O)n(CC(=O)Nc2ccc(C(=O)NC3CC3)cc2)c1-c1ccc(F)cc1. The van der Waals surface area contributed by atoms with Gasteiger partial charge in [-0.05, 0) is 73.9 Å². The van der Waals surface area contributed by atoms with Crippen LogP contribution in [0.2, 0.25) is 0 Å². The summed E-state index contributed by atoms with van der Waals surface area (Å²) in [7, 11) is 0. The molecule has 0 unspecified atom stereocenters. The molecule has 0 saturated heterocycles. The van der Waals surface area contributed by atoms with Gasteiger partial charge in [0.05, 0.1) is 5.69 Å². The Kier molecular flexibility index (Phi) is 5.50. The summed E-state index contributed by atoms with van der Waals surface area (Å²) in [6, 6.07) is 12.7. The second kappa shape index (κ2) is 8.23. The monoisotopic (exact) mass is 425 g/mol. The second-order valence-electron chi connectivity index (χ2n) is 7.24. The molecule has 2 amide bonds. The van der Waals surface area contributed by atoms with Gasteiger partial charge < -0.3 is 10.6 Å². The molecule has 1 aliphatic carbocycles. The van der Waals surface area contributed by atoms with Gasteiger partial charge in [-0.15, -0.1) is 0 Å². The summed E-state index contributed by atoms with van der Waals surface area (Å²) in [6.45, 7) is 1.63. The van der Waals surface area contributed by atoms with E-state index in [1.165, 1.54) is 16.7 Å². The third-order valence-electron chi connectivity index (χ3n) is 4.83. The standard InChI is InChI=1S/C22H20FN3O3S/c1-13-20(14-2-6-16(23)7-3-14)26(22(29)30-13)12-19(27)24-17-8-4-15(5-9-17)21(28)25-18-10-11-18/h2-9,18H,10-12H2,1H3,(H,24,27)(H,25,28). The lowest BCUT2D eigenvalue weighted by Gasteiger charge is -2.10. The number of aromatic nitrogens is 1. The Labute approximate surface area is 176 Å². The number of nitrogens with one attached hydrogen (secondary N) is 2. The number of hydrogen-bond donors (Lipinski definition) is 2. The van der Waals surface area contributed by atoms with E-state index in [9.17, 15) is 18.8 Å². The summed E-state index contributed by atoms with van der Waals surface area (Å²) in [5.74, 6) is -0.861. The van der Waals surface area contributed by atoms with E-state index in [4.69, 9.17) is 0 Å². The first-order chi connectivity index (χ1) is 14.4. The molecule has 0 atom stereocenters. The van der Waals surface area contributed by atoms with Crippen LogP contribution >= 0.6 is 11.3 Å². The summed E-state index contributed by atoms with van der Waals surface area (Å²) in [4.78, 5) is 37.5. The van der Waals surface area contributed by atoms with Crippen molar-refractivity contribution in [3.63, 3.8) is 0 Å². The van der Waals surface area contributed by atoms with E-state index in [1.807, 2.05) is 0 Å². The van der Waals surface area contributed by atoms with Gasteiger partial charge in [-0.1, -0.05) is 11.3 Å². The van der Waals surface area contributed by atoms with Gasteiger partial charge in [-0.3, -0.25) is 19.0 Å². The Balaban J connectivity index is 1.47. The molecule has 154 valence electrons. The minimum absolute atomic E-state index is 0.125. The van der Waals surface area contributed by atoms with Crippen molar-refractivity contribution in [1.82, 2.24) is 9.88 Å². The molecule has 8 heteroatoms. The highest BCUT2D eigenvalue weighted by atomic mass is 32.1. The molecule has 1 aliphatic rings. The number of carbonyl (C=O) groups excluding carboxylic acids is 2. The Bertz CT molecular complexity index is 1150. The lowest BCUT2D eigenvalue weighted by Crippen LogP contribution is -2.26. The molecule has 0 radical (unpaired) electrons. The Morgan fingerprint density at radius 2 is 1.77 bits per heavy atom. The fourth-order valence-corrected chi connectivity index (χ4v) is 4.02. The number of halogens is 1. The zero-order chi connectivity index (χ0) is 21.3. The number of aryl methyl sites for hydroxylation is 1. The quantitative estimate of drug-likeness (QED) is 0.634. The molecule has 0 bridgehead atoms. The second-order valence-corrected chi connectivity index (χ2v) is 8.40. The van der Waals surface area contributed by atoms with Crippen molar-refractivity contribution in [3.05, 3.63) is 74.5 Å². The summed E-state index contributed by atoms with van der Waals surface area (Å²) in [5.41, 5.74) is 2.34. The van der Waals surface area contributed by atoms with Crippen LogP contribution in [-0.4, -0.2) is 22.4 Å². The maximum absolute atomic E-state index is 13.2.